The zero-order chi connectivity index (χ0) is 26.0. The van der Waals surface area contributed by atoms with E-state index in [0.29, 0.717) is 4.57 Å². The summed E-state index contributed by atoms with van der Waals surface area (Å²) in [5.41, 5.74) is -10.6. The predicted octanol–water partition coefficient (Wildman–Crippen LogP) is -2.02. The van der Waals surface area contributed by atoms with Crippen LogP contribution in [0.5, 0.6) is 0 Å². The molecular weight excluding hydrogens is 536 g/mol. The molecule has 7 N–H and O–H groups in total. The van der Waals surface area contributed by atoms with Crippen LogP contribution >= 0.6 is 23.5 Å². The molecule has 0 aromatic carbocycles. The molecule has 1 aromatic rings. The lowest BCUT2D eigenvalue weighted by Crippen LogP contribution is -2.52. The Hall–Kier alpha value is -1.54. The van der Waals surface area contributed by atoms with Crippen molar-refractivity contribution in [1.82, 2.24) is 9.55 Å². The highest BCUT2D eigenvalue weighted by molar-refractivity contribution is 7.66. The van der Waals surface area contributed by atoms with Gasteiger partial charge >= 0.3 is 29.2 Å². The third-order valence-electron chi connectivity index (χ3n) is 4.88. The average molecular weight is 552 g/mol. The lowest BCUT2D eigenvalue weighted by molar-refractivity contribution is -0.140. The number of halogens is 1. The third-order valence-corrected chi connectivity index (χ3v) is 8.66. The number of fused-ring (bicyclic) bond motifs is 1. The maximum atomic E-state index is 14.8. The van der Waals surface area contributed by atoms with Crippen LogP contribution in [0.4, 0.5) is 4.39 Å². The Kier molecular flexibility index (Phi) is 6.57. The summed E-state index contributed by atoms with van der Waals surface area (Å²) in [7, 11) is -17.3. The van der Waals surface area contributed by atoms with Gasteiger partial charge in [-0.05, 0) is 6.92 Å². The highest BCUT2D eigenvalue weighted by Crippen LogP contribution is 2.71. The first-order chi connectivity index (χ1) is 15.3. The largest absolute Gasteiger partial charge is 0.490 e. The maximum Gasteiger partial charge on any atom is 0.490 e. The van der Waals surface area contributed by atoms with E-state index < -0.39 is 70.5 Å². The summed E-state index contributed by atoms with van der Waals surface area (Å²) in [5, 5.41) is 21.8. The second-order valence-electron chi connectivity index (χ2n) is 7.01. The van der Waals surface area contributed by atoms with Gasteiger partial charge in [0.25, 0.3) is 5.56 Å². The Morgan fingerprint density at radius 3 is 2.32 bits per heavy atom. The molecule has 2 heterocycles. The summed E-state index contributed by atoms with van der Waals surface area (Å²) in [6.45, 7) is -0.299. The van der Waals surface area contributed by atoms with E-state index in [1.807, 2.05) is 4.98 Å². The maximum absolute atomic E-state index is 14.8. The number of hydrogen-bond acceptors (Lipinski definition) is 11. The van der Waals surface area contributed by atoms with E-state index in [9.17, 15) is 47.7 Å². The van der Waals surface area contributed by atoms with Gasteiger partial charge in [-0.2, -0.15) is 8.62 Å². The summed E-state index contributed by atoms with van der Waals surface area (Å²) in [5.74, 6) is 4.29. The Bertz CT molecular complexity index is 1330. The van der Waals surface area contributed by atoms with E-state index in [4.69, 9.17) is 14.5 Å². The topological polar surface area (TPSA) is 264 Å². The Morgan fingerprint density at radius 2 is 1.79 bits per heavy atom. The molecule has 0 bridgehead atoms. The van der Waals surface area contributed by atoms with Gasteiger partial charge < -0.3 is 34.5 Å². The van der Waals surface area contributed by atoms with Crippen LogP contribution in [0.15, 0.2) is 21.9 Å². The van der Waals surface area contributed by atoms with Crippen LogP contribution in [0.3, 0.4) is 0 Å². The highest BCUT2D eigenvalue weighted by atomic mass is 31.3. The van der Waals surface area contributed by atoms with E-state index in [1.54, 1.807) is 0 Å². The Morgan fingerprint density at radius 1 is 1.18 bits per heavy atom. The SMILES string of the molecule is CC#C[C@]1(O)[C@H](n2ccc(=O)[nH]c2=O)O[C@@]2(COP(=O)(O)OP(=O)(O)OP(=O)(O)O)C(F)C21O. The number of rotatable bonds is 8. The van der Waals surface area contributed by atoms with Crippen molar-refractivity contribution in [2.75, 3.05) is 6.61 Å². The van der Waals surface area contributed by atoms with Crippen LogP contribution in [0.1, 0.15) is 13.2 Å². The van der Waals surface area contributed by atoms with Crippen LogP contribution in [-0.2, 0) is 31.6 Å². The molecule has 1 saturated heterocycles. The van der Waals surface area contributed by atoms with Crippen LogP contribution in [-0.4, -0.2) is 68.9 Å². The number of phosphoric ester groups is 1. The summed E-state index contributed by atoms with van der Waals surface area (Å²) in [6.07, 6.45) is -3.73. The van der Waals surface area contributed by atoms with Gasteiger partial charge in [-0.15, -0.1) is 5.92 Å². The van der Waals surface area contributed by atoms with E-state index in [-0.39, 0.29) is 0 Å². The molecule has 7 atom stereocenters. The number of nitrogens with one attached hydrogen (secondary N) is 1. The van der Waals surface area contributed by atoms with E-state index in [0.717, 1.165) is 12.3 Å². The first-order valence-electron chi connectivity index (χ1n) is 8.64. The minimum Gasteiger partial charge on any atom is -0.379 e. The molecule has 2 fully saturated rings. The van der Waals surface area contributed by atoms with Gasteiger partial charge in [0.15, 0.2) is 23.6 Å². The molecule has 17 nitrogen and oxygen atoms in total. The fraction of sp³-hybridized carbons (Fsp3) is 0.538. The Labute approximate surface area is 187 Å². The number of phosphoric acid groups is 3. The lowest BCUT2D eigenvalue weighted by Gasteiger charge is -2.30. The molecular formula is C13H16FN2O15P3. The molecule has 4 unspecified atom stereocenters. The fourth-order valence-corrected chi connectivity index (χ4v) is 6.55. The molecule has 34 heavy (non-hydrogen) atoms. The molecule has 1 aliphatic heterocycles. The van der Waals surface area contributed by atoms with Gasteiger partial charge in [0.2, 0.25) is 5.60 Å². The van der Waals surface area contributed by atoms with Gasteiger partial charge in [0, 0.05) is 12.3 Å². The van der Waals surface area contributed by atoms with Crippen LogP contribution in [0, 0.1) is 11.8 Å². The zero-order valence-electron chi connectivity index (χ0n) is 16.5. The van der Waals surface area contributed by atoms with Crippen LogP contribution in [0.2, 0.25) is 0 Å². The van der Waals surface area contributed by atoms with Gasteiger partial charge in [-0.1, -0.05) is 5.92 Å². The minimum atomic E-state index is -5.89. The summed E-state index contributed by atoms with van der Waals surface area (Å²) >= 11 is 0. The van der Waals surface area contributed by atoms with E-state index in [2.05, 4.69) is 25.0 Å². The molecule has 21 heteroatoms. The van der Waals surface area contributed by atoms with Crippen molar-refractivity contribution in [2.24, 2.45) is 0 Å². The molecule has 0 amide bonds. The Balaban J connectivity index is 1.92. The molecule has 2 aliphatic rings. The van der Waals surface area contributed by atoms with Crippen molar-refractivity contribution >= 4 is 23.5 Å². The van der Waals surface area contributed by atoms with Crippen molar-refractivity contribution in [3.05, 3.63) is 33.1 Å². The lowest BCUT2D eigenvalue weighted by atomic mass is 9.92. The molecule has 0 spiro atoms. The van der Waals surface area contributed by atoms with Crippen LogP contribution < -0.4 is 11.2 Å². The monoisotopic (exact) mass is 552 g/mol. The van der Waals surface area contributed by atoms with Crippen molar-refractivity contribution in [2.45, 2.75) is 36.1 Å². The summed E-state index contributed by atoms with van der Waals surface area (Å²) < 4.78 is 66.1. The second kappa shape index (κ2) is 8.26. The fourth-order valence-electron chi connectivity index (χ4n) is 3.50. The number of nitrogens with zero attached hydrogens (tertiary/aromatic N) is 1. The molecule has 3 rings (SSSR count). The molecule has 1 saturated carbocycles. The second-order valence-corrected chi connectivity index (χ2v) is 11.4. The number of hydrogen-bond donors (Lipinski definition) is 7. The number of aliphatic hydroxyl groups is 2. The third kappa shape index (κ3) is 4.41. The van der Waals surface area contributed by atoms with E-state index >= 15 is 0 Å². The van der Waals surface area contributed by atoms with Crippen molar-refractivity contribution in [3.8, 4) is 11.8 Å². The average Bonchev–Trinajstić information content (AvgIpc) is 3.02. The van der Waals surface area contributed by atoms with Gasteiger partial charge in [0.05, 0.1) is 6.61 Å². The zero-order valence-corrected chi connectivity index (χ0v) is 19.2. The van der Waals surface area contributed by atoms with E-state index in [1.165, 1.54) is 6.92 Å². The quantitative estimate of drug-likeness (QED) is 0.136. The summed E-state index contributed by atoms with van der Waals surface area (Å²) in [4.78, 5) is 61.1. The van der Waals surface area contributed by atoms with Crippen molar-refractivity contribution in [1.29, 1.82) is 0 Å². The number of aromatic nitrogens is 2. The number of ether oxygens (including phenoxy) is 1. The predicted molar refractivity (Wildman–Crippen MR) is 102 cm³/mol. The highest BCUT2D eigenvalue weighted by Gasteiger charge is 2.94. The number of alkyl halides is 1. The van der Waals surface area contributed by atoms with Crippen LogP contribution in [0.25, 0.3) is 0 Å². The standard InChI is InChI=1S/C13H16FN2O15P3/c1-2-4-11(19)9(16-5-3-7(17)15-10(16)18)29-12(8(14)13(11,12)20)6-28-33(24,25)31-34(26,27)30-32(21,22)23/h3,5,8-9,19-20H,6H2,1H3,(H,24,25)(H,26,27)(H,15,17,18)(H2,21,22,23)/t8?,9-,11+,12+,13?/m1/s1. The molecule has 0 radical (unpaired) electrons. The van der Waals surface area contributed by atoms with Crippen molar-refractivity contribution in [3.63, 3.8) is 0 Å². The first kappa shape index (κ1) is 27.1. The normalized spacial score (nSPS) is 36.0. The smallest absolute Gasteiger partial charge is 0.379 e. The first-order valence-corrected chi connectivity index (χ1v) is 13.2. The summed E-state index contributed by atoms with van der Waals surface area (Å²) in [6, 6.07) is 0.824. The van der Waals surface area contributed by atoms with Gasteiger partial charge in [0.1, 0.15) is 0 Å². The van der Waals surface area contributed by atoms with Gasteiger partial charge in [-0.25, -0.2) is 22.9 Å². The van der Waals surface area contributed by atoms with Gasteiger partial charge in [-0.3, -0.25) is 18.9 Å². The molecule has 1 aliphatic carbocycles. The molecule has 1 aromatic heterocycles. The van der Waals surface area contributed by atoms with Crippen molar-refractivity contribution < 1.29 is 65.8 Å². The number of aromatic amines is 1. The minimum absolute atomic E-state index is 0.537. The number of H-pyrrole nitrogens is 1. The molecule has 190 valence electrons.